The van der Waals surface area contributed by atoms with E-state index in [9.17, 15) is 5.11 Å². The molecule has 0 radical (unpaired) electrons. The van der Waals surface area contributed by atoms with E-state index < -0.39 is 0 Å². The van der Waals surface area contributed by atoms with Gasteiger partial charge in [-0.2, -0.15) is 0 Å². The van der Waals surface area contributed by atoms with Gasteiger partial charge in [-0.15, -0.1) is 0 Å². The number of methoxy groups -OCH3 is 1. The molecule has 0 aromatic carbocycles. The highest BCUT2D eigenvalue weighted by Gasteiger charge is 2.21. The minimum atomic E-state index is -0.296. The van der Waals surface area contributed by atoms with Gasteiger partial charge >= 0.3 is 0 Å². The van der Waals surface area contributed by atoms with E-state index >= 15 is 0 Å². The highest BCUT2D eigenvalue weighted by atomic mass is 16.5. The van der Waals surface area contributed by atoms with Crippen LogP contribution in [-0.4, -0.2) is 24.4 Å². The van der Waals surface area contributed by atoms with Crippen LogP contribution in [0.15, 0.2) is 0 Å². The van der Waals surface area contributed by atoms with Crippen molar-refractivity contribution in [2.24, 2.45) is 5.92 Å². The van der Waals surface area contributed by atoms with Crippen LogP contribution in [0.1, 0.15) is 78.6 Å². The molecule has 2 atom stereocenters. The molecule has 0 heterocycles. The number of hydrogen-bond donors (Lipinski definition) is 1. The summed E-state index contributed by atoms with van der Waals surface area (Å²) in [5.74, 6) is 0.388. The second-order valence-corrected chi connectivity index (χ2v) is 5.78. The van der Waals surface area contributed by atoms with Crippen LogP contribution in [0.2, 0.25) is 0 Å². The van der Waals surface area contributed by atoms with Crippen molar-refractivity contribution < 1.29 is 9.84 Å². The number of aliphatic hydroxyl groups excluding tert-OH is 1. The number of aliphatic hydroxyl groups is 1. The van der Waals surface area contributed by atoms with Crippen molar-refractivity contribution in [2.45, 2.75) is 90.8 Å². The second-order valence-electron chi connectivity index (χ2n) is 5.78. The summed E-state index contributed by atoms with van der Waals surface area (Å²) in [6.45, 7) is 6.46. The lowest BCUT2D eigenvalue weighted by molar-refractivity contribution is -0.0415. The fourth-order valence-corrected chi connectivity index (χ4v) is 2.53. The topological polar surface area (TPSA) is 29.5 Å². The molecule has 0 aliphatic carbocycles. The van der Waals surface area contributed by atoms with Crippen LogP contribution < -0.4 is 0 Å². The fraction of sp³-hybridized carbons (Fsp3) is 1.00. The predicted octanol–water partition coefficient (Wildman–Crippen LogP) is 4.55. The van der Waals surface area contributed by atoms with Crippen molar-refractivity contribution in [1.82, 2.24) is 0 Å². The predicted molar refractivity (Wildman–Crippen MR) is 78.9 cm³/mol. The summed E-state index contributed by atoms with van der Waals surface area (Å²) in [7, 11) is 1.70. The Morgan fingerprint density at radius 1 is 0.889 bits per heavy atom. The lowest BCUT2D eigenvalue weighted by Gasteiger charge is -2.24. The number of unbranched alkanes of at least 4 members (excludes halogenated alkanes) is 7. The highest BCUT2D eigenvalue weighted by Crippen LogP contribution is 2.16. The molecule has 110 valence electrons. The van der Waals surface area contributed by atoms with Gasteiger partial charge in [-0.05, 0) is 12.3 Å². The zero-order valence-corrected chi connectivity index (χ0v) is 13.0. The molecule has 1 N–H and O–H groups in total. The maximum Gasteiger partial charge on any atom is 0.0852 e. The summed E-state index contributed by atoms with van der Waals surface area (Å²) in [4.78, 5) is 0. The first-order valence-electron chi connectivity index (χ1n) is 7.84. The standard InChI is InChI=1S/C16H34O2/c1-5-6-7-8-9-10-11-12-13-15(17)16(18-4)14(2)3/h14-17H,5-13H2,1-4H3. The van der Waals surface area contributed by atoms with E-state index in [-0.39, 0.29) is 12.2 Å². The smallest absolute Gasteiger partial charge is 0.0852 e. The maximum atomic E-state index is 10.0. The maximum absolute atomic E-state index is 10.0. The van der Waals surface area contributed by atoms with E-state index in [1.165, 1.54) is 44.9 Å². The number of hydrogen-bond acceptors (Lipinski definition) is 2. The Hall–Kier alpha value is -0.0800. The van der Waals surface area contributed by atoms with Crippen molar-refractivity contribution in [3.8, 4) is 0 Å². The third-order valence-corrected chi connectivity index (χ3v) is 3.66. The molecule has 2 heteroatoms. The van der Waals surface area contributed by atoms with Crippen molar-refractivity contribution in [3.05, 3.63) is 0 Å². The third-order valence-electron chi connectivity index (χ3n) is 3.66. The first kappa shape index (κ1) is 17.9. The van der Waals surface area contributed by atoms with Crippen molar-refractivity contribution in [1.29, 1.82) is 0 Å². The van der Waals surface area contributed by atoms with E-state index in [1.807, 2.05) is 0 Å². The summed E-state index contributed by atoms with van der Waals surface area (Å²) in [5.41, 5.74) is 0. The Balaban J connectivity index is 3.42. The van der Waals surface area contributed by atoms with Gasteiger partial charge in [-0.25, -0.2) is 0 Å². The van der Waals surface area contributed by atoms with Gasteiger partial charge in [0.25, 0.3) is 0 Å². The Labute approximate surface area is 114 Å². The van der Waals surface area contributed by atoms with Crippen LogP contribution in [0.25, 0.3) is 0 Å². The number of rotatable bonds is 12. The monoisotopic (exact) mass is 258 g/mol. The van der Waals surface area contributed by atoms with Crippen molar-refractivity contribution >= 4 is 0 Å². The summed E-state index contributed by atoms with van der Waals surface area (Å²) in [6.07, 6.45) is 11.1. The van der Waals surface area contributed by atoms with Gasteiger partial charge in [-0.3, -0.25) is 0 Å². The highest BCUT2D eigenvalue weighted by molar-refractivity contribution is 4.71. The zero-order valence-electron chi connectivity index (χ0n) is 13.0. The number of ether oxygens (including phenoxy) is 1. The van der Waals surface area contributed by atoms with Gasteiger partial charge in [0.05, 0.1) is 12.2 Å². The van der Waals surface area contributed by atoms with Crippen molar-refractivity contribution in [3.63, 3.8) is 0 Å². The minimum absolute atomic E-state index is 0.00504. The van der Waals surface area contributed by atoms with E-state index in [1.54, 1.807) is 7.11 Å². The average Bonchev–Trinajstić information content (AvgIpc) is 2.33. The van der Waals surface area contributed by atoms with E-state index in [4.69, 9.17) is 4.74 Å². The lowest BCUT2D eigenvalue weighted by atomic mass is 9.97. The molecular formula is C16H34O2. The van der Waals surface area contributed by atoms with E-state index in [0.717, 1.165) is 12.8 Å². The van der Waals surface area contributed by atoms with Crippen LogP contribution in [-0.2, 0) is 4.74 Å². The fourth-order valence-electron chi connectivity index (χ4n) is 2.53. The minimum Gasteiger partial charge on any atom is -0.390 e. The molecule has 0 spiro atoms. The quantitative estimate of drug-likeness (QED) is 0.520. The molecule has 0 aliphatic rings. The van der Waals surface area contributed by atoms with Gasteiger partial charge in [0.2, 0.25) is 0 Å². The molecule has 0 amide bonds. The molecule has 0 aliphatic heterocycles. The molecular weight excluding hydrogens is 224 g/mol. The lowest BCUT2D eigenvalue weighted by Crippen LogP contribution is -2.32. The first-order valence-corrected chi connectivity index (χ1v) is 7.84. The SMILES string of the molecule is CCCCCCCCCCC(O)C(OC)C(C)C. The van der Waals surface area contributed by atoms with Gasteiger partial charge in [-0.1, -0.05) is 72.1 Å². The molecule has 0 fully saturated rings. The zero-order chi connectivity index (χ0) is 13.8. The first-order chi connectivity index (χ1) is 8.63. The Kier molecular flexibility index (Phi) is 11.9. The van der Waals surface area contributed by atoms with Gasteiger partial charge in [0.15, 0.2) is 0 Å². The summed E-state index contributed by atoms with van der Waals surface area (Å²) >= 11 is 0. The van der Waals surface area contributed by atoms with E-state index in [0.29, 0.717) is 5.92 Å². The van der Waals surface area contributed by atoms with Crippen LogP contribution in [0.5, 0.6) is 0 Å². The molecule has 0 saturated carbocycles. The van der Waals surface area contributed by atoms with Crippen LogP contribution >= 0.6 is 0 Å². The van der Waals surface area contributed by atoms with Crippen LogP contribution in [0, 0.1) is 5.92 Å². The van der Waals surface area contributed by atoms with Crippen LogP contribution in [0.3, 0.4) is 0 Å². The molecule has 2 unspecified atom stereocenters. The second kappa shape index (κ2) is 12.0. The Morgan fingerprint density at radius 2 is 1.39 bits per heavy atom. The average molecular weight is 258 g/mol. The van der Waals surface area contributed by atoms with Gasteiger partial charge in [0, 0.05) is 7.11 Å². The summed E-state index contributed by atoms with van der Waals surface area (Å²) in [5, 5.41) is 10.0. The Bertz CT molecular complexity index is 168. The van der Waals surface area contributed by atoms with Crippen LogP contribution in [0.4, 0.5) is 0 Å². The van der Waals surface area contributed by atoms with Gasteiger partial charge < -0.3 is 9.84 Å². The van der Waals surface area contributed by atoms with Gasteiger partial charge in [0.1, 0.15) is 0 Å². The molecule has 18 heavy (non-hydrogen) atoms. The molecule has 0 rings (SSSR count). The molecule has 0 aromatic heterocycles. The Morgan fingerprint density at radius 3 is 1.83 bits per heavy atom. The molecule has 0 bridgehead atoms. The summed E-state index contributed by atoms with van der Waals surface area (Å²) in [6, 6.07) is 0. The molecule has 0 saturated heterocycles. The third kappa shape index (κ3) is 8.93. The summed E-state index contributed by atoms with van der Waals surface area (Å²) < 4.78 is 5.35. The largest absolute Gasteiger partial charge is 0.390 e. The normalized spacial score (nSPS) is 15.0. The van der Waals surface area contributed by atoms with Crippen molar-refractivity contribution in [2.75, 3.05) is 7.11 Å². The van der Waals surface area contributed by atoms with E-state index in [2.05, 4.69) is 20.8 Å². The molecule has 0 aromatic rings. The molecule has 2 nitrogen and oxygen atoms in total.